The molecule has 12 nitrogen and oxygen atoms in total. The molecule has 0 aliphatic carbocycles. The molecule has 0 aromatic heterocycles. The lowest BCUT2D eigenvalue weighted by Gasteiger charge is -2.27. The largest absolute Gasteiger partial charge is 0.481 e. The predicted molar refractivity (Wildman–Crippen MR) is 137 cm³/mol. The molecule has 0 spiro atoms. The fourth-order valence-electron chi connectivity index (χ4n) is 4.60. The number of rotatable bonds is 15. The minimum atomic E-state index is -0.991. The molecular formula is C26H35N5O7. The summed E-state index contributed by atoms with van der Waals surface area (Å²) in [5.41, 5.74) is 6.72. The topological polar surface area (TPSA) is 188 Å². The van der Waals surface area contributed by atoms with Gasteiger partial charge in [-0.3, -0.25) is 39.0 Å². The number of carboxylic acid groups (broad SMARTS) is 1. The molecule has 1 aromatic carbocycles. The van der Waals surface area contributed by atoms with E-state index < -0.39 is 41.7 Å². The molecule has 2 aliphatic rings. The van der Waals surface area contributed by atoms with Crippen molar-refractivity contribution in [1.29, 1.82) is 0 Å². The maximum atomic E-state index is 13.1. The average molecular weight is 530 g/mol. The molecule has 2 unspecified atom stereocenters. The second-order valence-electron chi connectivity index (χ2n) is 9.55. The van der Waals surface area contributed by atoms with Crippen molar-refractivity contribution < 1.29 is 33.9 Å². The van der Waals surface area contributed by atoms with Crippen LogP contribution in [-0.4, -0.2) is 70.7 Å². The van der Waals surface area contributed by atoms with Crippen LogP contribution in [-0.2, 0) is 19.2 Å². The highest BCUT2D eigenvalue weighted by molar-refractivity contribution is 6.25. The SMILES string of the molecule is NC(CCC(=O)O)C(=O)NCCCCCCCCNc1cccc2c1C(=O)N(C1CCC(=O)NC1=O)C2=O. The average Bonchev–Trinajstić information content (AvgIpc) is 3.13. The Labute approximate surface area is 220 Å². The minimum absolute atomic E-state index is 0.0757. The minimum Gasteiger partial charge on any atom is -0.481 e. The number of amides is 5. The molecule has 2 aliphatic heterocycles. The number of benzene rings is 1. The monoisotopic (exact) mass is 529 g/mol. The number of fused-ring (bicyclic) bond motifs is 1. The molecular weight excluding hydrogens is 494 g/mol. The molecule has 6 N–H and O–H groups in total. The quantitative estimate of drug-likeness (QED) is 0.164. The van der Waals surface area contributed by atoms with Crippen molar-refractivity contribution in [3.8, 4) is 0 Å². The molecule has 0 bridgehead atoms. The third kappa shape index (κ3) is 7.37. The van der Waals surface area contributed by atoms with E-state index in [0.29, 0.717) is 18.8 Å². The van der Waals surface area contributed by atoms with E-state index in [-0.39, 0.29) is 42.7 Å². The van der Waals surface area contributed by atoms with Gasteiger partial charge in [0, 0.05) is 31.6 Å². The summed E-state index contributed by atoms with van der Waals surface area (Å²) in [6.07, 6.45) is 5.74. The van der Waals surface area contributed by atoms with Crippen LogP contribution < -0.4 is 21.7 Å². The van der Waals surface area contributed by atoms with Crippen LogP contribution in [0.25, 0.3) is 0 Å². The summed E-state index contributed by atoms with van der Waals surface area (Å²) in [6, 6.07) is 3.20. The van der Waals surface area contributed by atoms with E-state index in [1.807, 2.05) is 0 Å². The number of hydrogen-bond donors (Lipinski definition) is 5. The van der Waals surface area contributed by atoms with Gasteiger partial charge in [0.25, 0.3) is 11.8 Å². The van der Waals surface area contributed by atoms with Crippen LogP contribution >= 0.6 is 0 Å². The van der Waals surface area contributed by atoms with Gasteiger partial charge in [-0.15, -0.1) is 0 Å². The second kappa shape index (κ2) is 13.7. The van der Waals surface area contributed by atoms with Gasteiger partial charge in [0.1, 0.15) is 6.04 Å². The number of carbonyl (C=O) groups excluding carboxylic acids is 5. The highest BCUT2D eigenvalue weighted by Gasteiger charge is 2.45. The summed E-state index contributed by atoms with van der Waals surface area (Å²) in [5.74, 6) is -3.40. The van der Waals surface area contributed by atoms with Crippen LogP contribution in [0, 0.1) is 0 Å². The number of nitrogens with two attached hydrogens (primary N) is 1. The number of anilines is 1. The molecule has 38 heavy (non-hydrogen) atoms. The molecule has 2 heterocycles. The van der Waals surface area contributed by atoms with Crippen molar-refractivity contribution in [2.45, 2.75) is 76.3 Å². The summed E-state index contributed by atoms with van der Waals surface area (Å²) >= 11 is 0. The van der Waals surface area contributed by atoms with Gasteiger partial charge in [-0.25, -0.2) is 0 Å². The fourth-order valence-corrected chi connectivity index (χ4v) is 4.60. The zero-order valence-corrected chi connectivity index (χ0v) is 21.3. The Balaban J connectivity index is 1.34. The zero-order valence-electron chi connectivity index (χ0n) is 21.3. The van der Waals surface area contributed by atoms with Crippen LogP contribution in [0.2, 0.25) is 0 Å². The fraction of sp³-hybridized carbons (Fsp3) is 0.538. The molecule has 1 fully saturated rings. The Kier molecular flexibility index (Phi) is 10.3. The smallest absolute Gasteiger partial charge is 0.303 e. The molecule has 206 valence electrons. The van der Waals surface area contributed by atoms with Gasteiger partial charge in [0.15, 0.2) is 0 Å². The van der Waals surface area contributed by atoms with Crippen LogP contribution in [0.15, 0.2) is 18.2 Å². The van der Waals surface area contributed by atoms with E-state index in [1.54, 1.807) is 18.2 Å². The standard InChI is InChI=1S/C26H35N5O7/c27-17(10-13-21(33)34)23(35)29-15-6-4-2-1-3-5-14-28-18-9-7-8-16-22(18)26(38)31(25(16)37)19-11-12-20(32)30-24(19)36/h7-9,17,19,28H,1-6,10-15,27H2,(H,29,35)(H,33,34)(H,30,32,36). The van der Waals surface area contributed by atoms with Gasteiger partial charge in [-0.1, -0.05) is 31.7 Å². The summed E-state index contributed by atoms with van der Waals surface area (Å²) < 4.78 is 0. The van der Waals surface area contributed by atoms with E-state index in [2.05, 4.69) is 16.0 Å². The van der Waals surface area contributed by atoms with Gasteiger partial charge in [-0.05, 0) is 37.8 Å². The maximum Gasteiger partial charge on any atom is 0.303 e. The van der Waals surface area contributed by atoms with Crippen molar-refractivity contribution in [2.75, 3.05) is 18.4 Å². The first-order valence-electron chi connectivity index (χ1n) is 13.0. The number of unbranched alkanes of at least 4 members (excludes halogenated alkanes) is 5. The Hall–Kier alpha value is -3.80. The Morgan fingerprint density at radius 1 is 1.03 bits per heavy atom. The first kappa shape index (κ1) is 28.8. The van der Waals surface area contributed by atoms with Crippen molar-refractivity contribution in [2.24, 2.45) is 5.73 Å². The van der Waals surface area contributed by atoms with Crippen molar-refractivity contribution in [3.05, 3.63) is 29.3 Å². The van der Waals surface area contributed by atoms with Crippen LogP contribution in [0.5, 0.6) is 0 Å². The van der Waals surface area contributed by atoms with E-state index in [0.717, 1.165) is 43.4 Å². The van der Waals surface area contributed by atoms with E-state index in [9.17, 15) is 28.8 Å². The summed E-state index contributed by atoms with van der Waals surface area (Å²) in [7, 11) is 0. The third-order valence-electron chi connectivity index (χ3n) is 6.69. The van der Waals surface area contributed by atoms with Gasteiger partial charge >= 0.3 is 5.97 Å². The van der Waals surface area contributed by atoms with Gasteiger partial charge in [-0.2, -0.15) is 0 Å². The lowest BCUT2D eigenvalue weighted by atomic mass is 10.0. The highest BCUT2D eigenvalue weighted by atomic mass is 16.4. The van der Waals surface area contributed by atoms with Crippen molar-refractivity contribution in [1.82, 2.24) is 15.5 Å². The molecule has 3 rings (SSSR count). The molecule has 0 saturated carbocycles. The summed E-state index contributed by atoms with van der Waals surface area (Å²) in [6.45, 7) is 1.11. The molecule has 5 amide bonds. The number of hydrogen-bond acceptors (Lipinski definition) is 8. The van der Waals surface area contributed by atoms with E-state index in [4.69, 9.17) is 10.8 Å². The van der Waals surface area contributed by atoms with Crippen molar-refractivity contribution >= 4 is 41.2 Å². The Morgan fingerprint density at radius 3 is 2.39 bits per heavy atom. The van der Waals surface area contributed by atoms with Crippen LogP contribution in [0.4, 0.5) is 5.69 Å². The second-order valence-corrected chi connectivity index (χ2v) is 9.55. The first-order chi connectivity index (χ1) is 18.2. The number of nitrogens with one attached hydrogen (secondary N) is 3. The third-order valence-corrected chi connectivity index (χ3v) is 6.69. The lowest BCUT2D eigenvalue weighted by molar-refractivity contribution is -0.138. The molecule has 2 atom stereocenters. The van der Waals surface area contributed by atoms with Crippen LogP contribution in [0.3, 0.4) is 0 Å². The maximum absolute atomic E-state index is 13.1. The molecule has 1 aromatic rings. The Bertz CT molecular complexity index is 1090. The van der Waals surface area contributed by atoms with Gasteiger partial charge in [0.2, 0.25) is 17.7 Å². The number of nitrogens with zero attached hydrogens (tertiary/aromatic N) is 1. The molecule has 12 heteroatoms. The zero-order chi connectivity index (χ0) is 27.7. The lowest BCUT2D eigenvalue weighted by Crippen LogP contribution is -2.54. The normalized spacial score (nSPS) is 17.7. The molecule has 0 radical (unpaired) electrons. The number of piperidine rings is 1. The summed E-state index contributed by atoms with van der Waals surface area (Å²) in [5, 5.41) is 16.8. The predicted octanol–water partition coefficient (Wildman–Crippen LogP) is 1.15. The van der Waals surface area contributed by atoms with Gasteiger partial charge in [0.05, 0.1) is 17.2 Å². The van der Waals surface area contributed by atoms with Crippen LogP contribution in [0.1, 0.15) is 84.9 Å². The highest BCUT2D eigenvalue weighted by Crippen LogP contribution is 2.32. The number of aliphatic carboxylic acids is 1. The number of imide groups is 2. The number of carboxylic acids is 1. The summed E-state index contributed by atoms with van der Waals surface area (Å²) in [4.78, 5) is 73.0. The van der Waals surface area contributed by atoms with E-state index >= 15 is 0 Å². The number of carbonyl (C=O) groups is 6. The van der Waals surface area contributed by atoms with Crippen molar-refractivity contribution in [3.63, 3.8) is 0 Å². The first-order valence-corrected chi connectivity index (χ1v) is 13.0. The molecule has 1 saturated heterocycles. The Morgan fingerprint density at radius 2 is 1.71 bits per heavy atom. The van der Waals surface area contributed by atoms with E-state index in [1.165, 1.54) is 0 Å². The van der Waals surface area contributed by atoms with Gasteiger partial charge < -0.3 is 21.5 Å².